The fourth-order valence-corrected chi connectivity index (χ4v) is 5.83. The maximum atomic E-state index is 15.6. The fraction of sp³-hybridized carbons (Fsp3) is 0.565. The van der Waals surface area contributed by atoms with Gasteiger partial charge in [0.25, 0.3) is 0 Å². The Morgan fingerprint density at radius 2 is 2.07 bits per heavy atom. The lowest BCUT2D eigenvalue weighted by atomic mass is 9.93. The first kappa shape index (κ1) is 19.8. The molecule has 4 rings (SSSR count). The predicted octanol–water partition coefficient (Wildman–Crippen LogP) is 5.45. The third kappa shape index (κ3) is 4.11. The normalized spacial score (nSPS) is 23.5. The van der Waals surface area contributed by atoms with Gasteiger partial charge in [-0.2, -0.15) is 0 Å². The number of nitrogens with one attached hydrogen (secondary N) is 2. The van der Waals surface area contributed by atoms with Crippen LogP contribution in [0.15, 0.2) is 41.6 Å². The molecule has 3 nitrogen and oxygen atoms in total. The Kier molecular flexibility index (Phi) is 6.02. The van der Waals surface area contributed by atoms with E-state index >= 15 is 4.39 Å². The molecule has 2 aliphatic heterocycles. The highest BCUT2D eigenvalue weighted by Gasteiger charge is 2.44. The van der Waals surface area contributed by atoms with Crippen molar-refractivity contribution in [1.29, 1.82) is 0 Å². The second-order valence-corrected chi connectivity index (χ2v) is 9.63. The minimum Gasteiger partial charge on any atom is -0.376 e. The molecule has 1 fully saturated rings. The third-order valence-corrected chi connectivity index (χ3v) is 7.89. The second-order valence-electron chi connectivity index (χ2n) is 8.45. The molecule has 2 atom stereocenters. The van der Waals surface area contributed by atoms with Gasteiger partial charge in [-0.15, -0.1) is 11.8 Å². The Morgan fingerprint density at radius 3 is 2.86 bits per heavy atom. The Hall–Kier alpha value is -1.46. The molecule has 0 amide bonds. The van der Waals surface area contributed by atoms with Gasteiger partial charge >= 0.3 is 0 Å². The molecule has 1 aromatic carbocycles. The van der Waals surface area contributed by atoms with E-state index in [2.05, 4.69) is 65.8 Å². The molecule has 2 aromatic rings. The number of alkyl halides is 1. The molecule has 2 N–H and O–H groups in total. The van der Waals surface area contributed by atoms with Crippen molar-refractivity contribution in [2.75, 3.05) is 20.1 Å². The smallest absolute Gasteiger partial charge is 0.143 e. The number of hydrogen-bond donors (Lipinski definition) is 2. The number of thioether (sulfide) groups is 1. The van der Waals surface area contributed by atoms with E-state index in [1.165, 1.54) is 34.2 Å². The Balaban J connectivity index is 1.47. The zero-order valence-corrected chi connectivity index (χ0v) is 17.8. The summed E-state index contributed by atoms with van der Waals surface area (Å²) in [6.45, 7) is 3.94. The molecular weight excluding hydrogens is 369 g/mol. The van der Waals surface area contributed by atoms with Gasteiger partial charge in [0.1, 0.15) is 11.0 Å². The average Bonchev–Trinajstić information content (AvgIpc) is 3.36. The van der Waals surface area contributed by atoms with Crippen molar-refractivity contribution >= 4 is 22.7 Å². The minimum absolute atomic E-state index is 0.136. The van der Waals surface area contributed by atoms with Crippen molar-refractivity contribution in [3.8, 4) is 0 Å². The lowest BCUT2D eigenvalue weighted by Gasteiger charge is -2.38. The van der Waals surface area contributed by atoms with Crippen LogP contribution in [0, 0.1) is 5.92 Å². The SMILES string of the molecule is CCCCC(Cc1c[nH]c2ccccc12)C1=CNC(C2(F)CCN(C)CC2)S1. The lowest BCUT2D eigenvalue weighted by molar-refractivity contribution is 0.0632. The van der Waals surface area contributed by atoms with E-state index in [1.54, 1.807) is 11.8 Å². The summed E-state index contributed by atoms with van der Waals surface area (Å²) in [6, 6.07) is 8.51. The van der Waals surface area contributed by atoms with Gasteiger partial charge in [0, 0.05) is 41.3 Å². The standard InChI is InChI=1S/C23H32FN3S/c1-3-4-7-17(14-18-15-25-20-9-6-5-8-19(18)20)21-16-26-22(28-21)23(24)10-12-27(2)13-11-23/h5-6,8-9,15-17,22,25-26H,3-4,7,10-14H2,1-2H3. The van der Waals surface area contributed by atoms with Crippen LogP contribution in [-0.4, -0.2) is 41.1 Å². The van der Waals surface area contributed by atoms with E-state index in [9.17, 15) is 0 Å². The van der Waals surface area contributed by atoms with Crippen LogP contribution in [0.3, 0.4) is 0 Å². The number of nitrogens with zero attached hydrogens (tertiary/aromatic N) is 1. The number of rotatable bonds is 7. The quantitative estimate of drug-likeness (QED) is 0.646. The summed E-state index contributed by atoms with van der Waals surface area (Å²) in [5.41, 5.74) is 1.46. The number of H-pyrrole nitrogens is 1. The number of aromatic nitrogens is 1. The fourth-order valence-electron chi connectivity index (χ4n) is 4.44. The van der Waals surface area contributed by atoms with Crippen molar-refractivity contribution in [1.82, 2.24) is 15.2 Å². The van der Waals surface area contributed by atoms with Gasteiger partial charge < -0.3 is 15.2 Å². The number of allylic oxidation sites excluding steroid dienone is 1. The second kappa shape index (κ2) is 8.50. The molecule has 1 aromatic heterocycles. The summed E-state index contributed by atoms with van der Waals surface area (Å²) in [5, 5.41) is 4.58. The Bertz CT molecular complexity index is 822. The van der Waals surface area contributed by atoms with Crippen molar-refractivity contribution in [3.05, 3.63) is 47.1 Å². The van der Waals surface area contributed by atoms with Gasteiger partial charge in [-0.25, -0.2) is 4.39 Å². The van der Waals surface area contributed by atoms with Gasteiger partial charge in [-0.05, 0) is 50.3 Å². The molecule has 0 radical (unpaired) electrons. The molecule has 0 spiro atoms. The van der Waals surface area contributed by atoms with Crippen molar-refractivity contribution in [3.63, 3.8) is 0 Å². The molecule has 28 heavy (non-hydrogen) atoms. The lowest BCUT2D eigenvalue weighted by Crippen LogP contribution is -2.49. The molecule has 2 unspecified atom stereocenters. The maximum Gasteiger partial charge on any atom is 0.143 e. The monoisotopic (exact) mass is 401 g/mol. The van der Waals surface area contributed by atoms with Crippen molar-refractivity contribution in [2.24, 2.45) is 5.92 Å². The number of likely N-dealkylation sites (tertiary alicyclic amines) is 1. The van der Waals surface area contributed by atoms with Crippen LogP contribution in [0.2, 0.25) is 0 Å². The summed E-state index contributed by atoms with van der Waals surface area (Å²) in [6.07, 6.45) is 10.1. The number of hydrogen-bond acceptors (Lipinski definition) is 3. The van der Waals surface area contributed by atoms with E-state index in [1.807, 2.05) is 0 Å². The van der Waals surface area contributed by atoms with Gasteiger partial charge in [0.2, 0.25) is 0 Å². The van der Waals surface area contributed by atoms with Crippen LogP contribution < -0.4 is 5.32 Å². The molecule has 5 heteroatoms. The first-order valence-electron chi connectivity index (χ1n) is 10.6. The highest BCUT2D eigenvalue weighted by atomic mass is 32.2. The summed E-state index contributed by atoms with van der Waals surface area (Å²) >= 11 is 1.75. The minimum atomic E-state index is -1.11. The summed E-state index contributed by atoms with van der Waals surface area (Å²) < 4.78 is 15.6. The van der Waals surface area contributed by atoms with Gasteiger partial charge in [0.05, 0.1) is 0 Å². The van der Waals surface area contributed by atoms with Crippen LogP contribution in [0.5, 0.6) is 0 Å². The van der Waals surface area contributed by atoms with Crippen LogP contribution >= 0.6 is 11.8 Å². The van der Waals surface area contributed by atoms with Crippen molar-refractivity contribution in [2.45, 2.75) is 56.5 Å². The van der Waals surface area contributed by atoms with Crippen LogP contribution in [0.1, 0.15) is 44.6 Å². The molecule has 2 aliphatic rings. The highest BCUT2D eigenvalue weighted by Crippen LogP contribution is 2.44. The van der Waals surface area contributed by atoms with Crippen molar-refractivity contribution < 1.29 is 4.39 Å². The summed E-state index contributed by atoms with van der Waals surface area (Å²) in [4.78, 5) is 6.97. The number of para-hydroxylation sites is 1. The number of fused-ring (bicyclic) bond motifs is 1. The molecule has 0 aliphatic carbocycles. The number of benzene rings is 1. The topological polar surface area (TPSA) is 31.1 Å². The number of halogens is 1. The van der Waals surface area contributed by atoms with E-state index in [-0.39, 0.29) is 5.37 Å². The van der Waals surface area contributed by atoms with Gasteiger partial charge in [-0.3, -0.25) is 0 Å². The molecule has 3 heterocycles. The summed E-state index contributed by atoms with van der Waals surface area (Å²) in [5.74, 6) is 0.455. The van der Waals surface area contributed by atoms with E-state index in [0.29, 0.717) is 18.8 Å². The number of aromatic amines is 1. The average molecular weight is 402 g/mol. The Labute approximate surface area is 172 Å². The first-order valence-corrected chi connectivity index (χ1v) is 11.5. The first-order chi connectivity index (χ1) is 13.6. The predicted molar refractivity (Wildman–Crippen MR) is 118 cm³/mol. The van der Waals surface area contributed by atoms with Crippen LogP contribution in [0.25, 0.3) is 10.9 Å². The van der Waals surface area contributed by atoms with E-state index in [4.69, 9.17) is 0 Å². The van der Waals surface area contributed by atoms with Crippen LogP contribution in [0.4, 0.5) is 4.39 Å². The zero-order chi connectivity index (χ0) is 19.6. The largest absolute Gasteiger partial charge is 0.376 e. The number of piperidine rings is 1. The van der Waals surface area contributed by atoms with Gasteiger partial charge in [0.15, 0.2) is 0 Å². The zero-order valence-electron chi connectivity index (χ0n) is 17.0. The van der Waals surface area contributed by atoms with E-state index < -0.39 is 5.67 Å². The summed E-state index contributed by atoms with van der Waals surface area (Å²) in [7, 11) is 2.08. The highest BCUT2D eigenvalue weighted by molar-refractivity contribution is 8.03. The maximum absolute atomic E-state index is 15.6. The van der Waals surface area contributed by atoms with Crippen LogP contribution in [-0.2, 0) is 6.42 Å². The molecule has 152 valence electrons. The molecule has 0 bridgehead atoms. The molecule has 0 saturated carbocycles. The van der Waals surface area contributed by atoms with E-state index in [0.717, 1.165) is 25.9 Å². The molecule has 1 saturated heterocycles. The third-order valence-electron chi connectivity index (χ3n) is 6.37. The Morgan fingerprint density at radius 1 is 1.29 bits per heavy atom. The number of unbranched alkanes of at least 4 members (excludes halogenated alkanes) is 1. The molecular formula is C23H32FN3S. The van der Waals surface area contributed by atoms with Gasteiger partial charge in [-0.1, -0.05) is 38.0 Å².